The summed E-state index contributed by atoms with van der Waals surface area (Å²) in [6.45, 7) is 6.64. The van der Waals surface area contributed by atoms with Crippen LogP contribution in [0, 0.1) is 11.8 Å². The van der Waals surface area contributed by atoms with Gasteiger partial charge in [0, 0.05) is 30.1 Å². The van der Waals surface area contributed by atoms with E-state index in [2.05, 4.69) is 47.9 Å². The number of carbonyl (C=O) groups excluding carboxylic acids is 1. The Bertz CT molecular complexity index is 664. The largest absolute Gasteiger partial charge is 0.310 e. The van der Waals surface area contributed by atoms with Gasteiger partial charge in [-0.1, -0.05) is 51.7 Å². The molecule has 4 rings (SSSR count). The molecule has 3 heterocycles. The Morgan fingerprint density at radius 3 is 2.61 bits per heavy atom. The number of piperidine rings is 1. The third kappa shape index (κ3) is 4.43. The smallest absolute Gasteiger partial charge is 0.237 e. The van der Waals surface area contributed by atoms with E-state index in [4.69, 9.17) is 0 Å². The minimum absolute atomic E-state index is 0.271. The number of hydrogen-bond donors (Lipinski definition) is 0. The highest BCUT2D eigenvalue weighted by atomic mass is 32.2. The lowest BCUT2D eigenvalue weighted by Gasteiger charge is -2.41. The number of fused-ring (bicyclic) bond motifs is 3. The van der Waals surface area contributed by atoms with Crippen LogP contribution in [0.25, 0.3) is 0 Å². The Kier molecular flexibility index (Phi) is 6.67. The number of carbonyl (C=O) groups is 1. The minimum atomic E-state index is 0.271. The Morgan fingerprint density at radius 1 is 1.11 bits per heavy atom. The van der Waals surface area contributed by atoms with Gasteiger partial charge in [-0.15, -0.1) is 11.8 Å². The summed E-state index contributed by atoms with van der Waals surface area (Å²) in [4.78, 5) is 18.7. The van der Waals surface area contributed by atoms with Crippen LogP contribution in [0.1, 0.15) is 65.2 Å². The maximum Gasteiger partial charge on any atom is 0.237 e. The fraction of sp³-hybridized carbons (Fsp3) is 0.708. The lowest BCUT2D eigenvalue weighted by molar-refractivity contribution is -0.116. The Labute approximate surface area is 175 Å². The van der Waals surface area contributed by atoms with Crippen LogP contribution in [-0.2, 0) is 4.79 Å². The van der Waals surface area contributed by atoms with Gasteiger partial charge in [-0.2, -0.15) is 0 Å². The molecule has 3 nitrogen and oxygen atoms in total. The van der Waals surface area contributed by atoms with Crippen molar-refractivity contribution in [3.8, 4) is 0 Å². The number of benzene rings is 1. The van der Waals surface area contributed by atoms with E-state index in [-0.39, 0.29) is 5.91 Å². The van der Waals surface area contributed by atoms with Gasteiger partial charge in [0.15, 0.2) is 0 Å². The third-order valence-electron chi connectivity index (χ3n) is 7.02. The van der Waals surface area contributed by atoms with Crippen LogP contribution in [-0.4, -0.2) is 41.7 Å². The van der Waals surface area contributed by atoms with Crippen molar-refractivity contribution in [3.63, 3.8) is 0 Å². The molecule has 0 N–H and O–H groups in total. The fourth-order valence-corrected chi connectivity index (χ4v) is 6.62. The number of thioether (sulfide) groups is 1. The molecule has 2 bridgehead atoms. The second-order valence-electron chi connectivity index (χ2n) is 9.28. The maximum atomic E-state index is 12.6. The predicted molar refractivity (Wildman–Crippen MR) is 119 cm³/mol. The first kappa shape index (κ1) is 20.3. The summed E-state index contributed by atoms with van der Waals surface area (Å²) < 4.78 is 0. The molecular formula is C24H36N2OS. The van der Waals surface area contributed by atoms with Crippen LogP contribution < -0.4 is 4.90 Å². The van der Waals surface area contributed by atoms with Gasteiger partial charge in [0.25, 0.3) is 0 Å². The van der Waals surface area contributed by atoms with Crippen LogP contribution in [0.15, 0.2) is 29.2 Å². The van der Waals surface area contributed by atoms with Crippen molar-refractivity contribution in [1.29, 1.82) is 0 Å². The van der Waals surface area contributed by atoms with E-state index in [0.717, 1.165) is 36.8 Å². The molecule has 1 amide bonds. The second kappa shape index (κ2) is 9.21. The molecule has 1 aromatic rings. The molecule has 0 radical (unpaired) electrons. The number of para-hydroxylation sites is 1. The summed E-state index contributed by atoms with van der Waals surface area (Å²) in [6.07, 6.45) is 11.2. The van der Waals surface area contributed by atoms with Gasteiger partial charge in [-0.3, -0.25) is 9.69 Å². The fourth-order valence-electron chi connectivity index (χ4n) is 5.69. The average molecular weight is 401 g/mol. The lowest BCUT2D eigenvalue weighted by Crippen LogP contribution is -2.47. The topological polar surface area (TPSA) is 23.6 Å². The van der Waals surface area contributed by atoms with Gasteiger partial charge in [-0.05, 0) is 49.7 Å². The number of anilines is 1. The van der Waals surface area contributed by atoms with E-state index >= 15 is 0 Å². The van der Waals surface area contributed by atoms with Crippen molar-refractivity contribution >= 4 is 23.4 Å². The van der Waals surface area contributed by atoms with Gasteiger partial charge in [0.05, 0.1) is 11.4 Å². The van der Waals surface area contributed by atoms with Crippen molar-refractivity contribution in [2.75, 3.05) is 23.7 Å². The molecule has 0 spiro atoms. The van der Waals surface area contributed by atoms with E-state index in [9.17, 15) is 4.79 Å². The lowest BCUT2D eigenvalue weighted by atomic mass is 9.86. The number of unbranched alkanes of at least 4 members (excludes halogenated alkanes) is 2. The number of amides is 1. The van der Waals surface area contributed by atoms with Crippen LogP contribution in [0.4, 0.5) is 5.69 Å². The highest BCUT2D eigenvalue weighted by molar-refractivity contribution is 8.00. The third-order valence-corrected chi connectivity index (χ3v) is 8.07. The van der Waals surface area contributed by atoms with E-state index < -0.39 is 0 Å². The van der Waals surface area contributed by atoms with Crippen molar-refractivity contribution in [1.82, 2.24) is 4.90 Å². The summed E-state index contributed by atoms with van der Waals surface area (Å²) in [5, 5.41) is 0. The molecule has 3 aliphatic heterocycles. The molecule has 28 heavy (non-hydrogen) atoms. The van der Waals surface area contributed by atoms with E-state index in [0.29, 0.717) is 11.7 Å². The molecule has 3 aliphatic rings. The summed E-state index contributed by atoms with van der Waals surface area (Å²) in [7, 11) is 0. The van der Waals surface area contributed by atoms with Crippen molar-refractivity contribution in [2.24, 2.45) is 11.8 Å². The zero-order valence-electron chi connectivity index (χ0n) is 17.6. The monoisotopic (exact) mass is 400 g/mol. The number of hydrogen-bond acceptors (Lipinski definition) is 3. The van der Waals surface area contributed by atoms with Crippen molar-refractivity contribution in [2.45, 2.75) is 82.2 Å². The standard InChI is InChI=1S/C24H36N2OS/c1-3-4-5-8-19-13-20-11-12-21(14-19)25(20)15-18(2)16-26-22-9-6-7-10-23(22)28-17-24(26)27/h6-7,9-10,18-21H,3-5,8,11-17H2,1-2H3/t18-,19?,20+,21?/m1/s1. The molecule has 4 atom stereocenters. The van der Waals surface area contributed by atoms with Crippen LogP contribution in [0.5, 0.6) is 0 Å². The summed E-state index contributed by atoms with van der Waals surface area (Å²) in [5.41, 5.74) is 1.12. The molecule has 2 saturated heterocycles. The zero-order valence-corrected chi connectivity index (χ0v) is 18.4. The zero-order chi connectivity index (χ0) is 19.5. The first-order chi connectivity index (χ1) is 13.7. The molecule has 0 aliphatic carbocycles. The molecule has 0 aromatic heterocycles. The minimum Gasteiger partial charge on any atom is -0.310 e. The average Bonchev–Trinajstić information content (AvgIpc) is 2.92. The number of nitrogens with zero attached hydrogens (tertiary/aromatic N) is 2. The first-order valence-corrected chi connectivity index (χ1v) is 12.4. The van der Waals surface area contributed by atoms with E-state index in [1.165, 1.54) is 56.3 Å². The number of rotatable bonds is 8. The highest BCUT2D eigenvalue weighted by Gasteiger charge is 2.40. The molecule has 0 saturated carbocycles. The Hall–Kier alpha value is -1.00. The van der Waals surface area contributed by atoms with Crippen molar-refractivity contribution < 1.29 is 4.79 Å². The normalized spacial score (nSPS) is 28.4. The van der Waals surface area contributed by atoms with Gasteiger partial charge >= 0.3 is 0 Å². The van der Waals surface area contributed by atoms with Crippen LogP contribution in [0.2, 0.25) is 0 Å². The Morgan fingerprint density at radius 2 is 1.86 bits per heavy atom. The summed E-state index contributed by atoms with van der Waals surface area (Å²) in [6, 6.07) is 9.98. The molecular weight excluding hydrogens is 364 g/mol. The second-order valence-corrected chi connectivity index (χ2v) is 10.3. The van der Waals surface area contributed by atoms with Gasteiger partial charge in [0.2, 0.25) is 5.91 Å². The summed E-state index contributed by atoms with van der Waals surface area (Å²) >= 11 is 1.68. The molecule has 1 aromatic carbocycles. The first-order valence-electron chi connectivity index (χ1n) is 11.4. The molecule has 4 heteroatoms. The predicted octanol–water partition coefficient (Wildman–Crippen LogP) is 5.58. The quantitative estimate of drug-likeness (QED) is 0.532. The maximum absolute atomic E-state index is 12.6. The highest BCUT2D eigenvalue weighted by Crippen LogP contribution is 2.41. The van der Waals surface area contributed by atoms with Crippen LogP contribution in [0.3, 0.4) is 0 Å². The van der Waals surface area contributed by atoms with E-state index in [1.807, 2.05) is 0 Å². The molecule has 154 valence electrons. The Balaban J connectivity index is 1.34. The van der Waals surface area contributed by atoms with Gasteiger partial charge in [0.1, 0.15) is 0 Å². The SMILES string of the molecule is CCCCCC1CC2CC[C@@H](C1)N2C[C@@H](C)CN1C(=O)CSc2ccccc21. The van der Waals surface area contributed by atoms with Gasteiger partial charge < -0.3 is 4.90 Å². The summed E-state index contributed by atoms with van der Waals surface area (Å²) in [5.74, 6) is 2.33. The van der Waals surface area contributed by atoms with Crippen LogP contribution >= 0.6 is 11.8 Å². The van der Waals surface area contributed by atoms with E-state index in [1.54, 1.807) is 11.8 Å². The van der Waals surface area contributed by atoms with Gasteiger partial charge in [-0.25, -0.2) is 0 Å². The molecule has 2 unspecified atom stereocenters. The molecule has 2 fully saturated rings. The van der Waals surface area contributed by atoms with Crippen molar-refractivity contribution in [3.05, 3.63) is 24.3 Å².